The molecule has 0 bridgehead atoms. The molecular formula is C12H18NO2-. The van der Waals surface area contributed by atoms with Crippen molar-refractivity contribution in [3.63, 3.8) is 0 Å². The number of allylic oxidation sites excluding steroid dienone is 3. The van der Waals surface area contributed by atoms with Gasteiger partial charge in [-0.1, -0.05) is 25.0 Å². The van der Waals surface area contributed by atoms with Crippen LogP contribution in [0.1, 0.15) is 33.1 Å². The van der Waals surface area contributed by atoms with Gasteiger partial charge < -0.3 is 10.4 Å². The first-order valence-electron chi connectivity index (χ1n) is 5.69. The number of hydroxylamine groups is 2. The Labute approximate surface area is 90.6 Å². The summed E-state index contributed by atoms with van der Waals surface area (Å²) in [5.74, 6) is 1.73. The molecule has 3 nitrogen and oxygen atoms in total. The fraction of sp³-hybridized carbons (Fsp3) is 0.667. The second-order valence-electron chi connectivity index (χ2n) is 4.68. The van der Waals surface area contributed by atoms with Crippen molar-refractivity contribution < 1.29 is 5.21 Å². The largest absolute Gasteiger partial charge is 0.734 e. The van der Waals surface area contributed by atoms with E-state index in [1.807, 2.05) is 12.2 Å². The van der Waals surface area contributed by atoms with Crippen molar-refractivity contribution >= 4 is 0 Å². The third-order valence-electron chi connectivity index (χ3n) is 3.93. The van der Waals surface area contributed by atoms with Gasteiger partial charge in [0.2, 0.25) is 0 Å². The van der Waals surface area contributed by atoms with Gasteiger partial charge in [0.15, 0.2) is 0 Å². The van der Waals surface area contributed by atoms with Crippen LogP contribution in [0.4, 0.5) is 0 Å². The molecule has 2 aliphatic carbocycles. The highest BCUT2D eigenvalue weighted by atomic mass is 16.8. The van der Waals surface area contributed by atoms with Crippen molar-refractivity contribution in [3.05, 3.63) is 28.6 Å². The van der Waals surface area contributed by atoms with E-state index in [4.69, 9.17) is 5.21 Å². The van der Waals surface area contributed by atoms with Crippen molar-refractivity contribution in [2.75, 3.05) is 0 Å². The Bertz CT molecular complexity index is 307. The van der Waals surface area contributed by atoms with E-state index in [2.05, 4.69) is 13.8 Å². The van der Waals surface area contributed by atoms with Gasteiger partial charge in [-0.15, -0.1) is 0 Å². The average molecular weight is 208 g/mol. The van der Waals surface area contributed by atoms with Gasteiger partial charge in [0.1, 0.15) is 0 Å². The Morgan fingerprint density at radius 1 is 1.53 bits per heavy atom. The maximum absolute atomic E-state index is 10.9. The fourth-order valence-corrected chi connectivity index (χ4v) is 3.07. The third kappa shape index (κ3) is 1.82. The highest BCUT2D eigenvalue weighted by Gasteiger charge is 2.36. The maximum Gasteiger partial charge on any atom is 0.0471 e. The summed E-state index contributed by atoms with van der Waals surface area (Å²) in [5.41, 5.74) is 1.65. The van der Waals surface area contributed by atoms with E-state index in [1.165, 1.54) is 18.4 Å². The van der Waals surface area contributed by atoms with Crippen LogP contribution < -0.4 is 0 Å². The van der Waals surface area contributed by atoms with Crippen LogP contribution in [0.2, 0.25) is 0 Å². The smallest absolute Gasteiger partial charge is 0.0471 e. The molecule has 3 unspecified atom stereocenters. The number of fused-ring (bicyclic) bond motifs is 1. The van der Waals surface area contributed by atoms with Gasteiger partial charge in [-0.05, 0) is 43.6 Å². The van der Waals surface area contributed by atoms with Crippen molar-refractivity contribution in [1.82, 2.24) is 5.23 Å². The highest BCUT2D eigenvalue weighted by molar-refractivity contribution is 5.31. The Hall–Kier alpha value is -0.800. The maximum atomic E-state index is 10.9. The summed E-state index contributed by atoms with van der Waals surface area (Å²) in [5, 5.41) is 19.8. The van der Waals surface area contributed by atoms with E-state index in [0.717, 1.165) is 6.42 Å². The van der Waals surface area contributed by atoms with Crippen LogP contribution in [0.25, 0.3) is 0 Å². The highest BCUT2D eigenvalue weighted by Crippen LogP contribution is 2.46. The molecule has 0 saturated heterocycles. The lowest BCUT2D eigenvalue weighted by Gasteiger charge is -2.32. The van der Waals surface area contributed by atoms with Crippen LogP contribution in [0.15, 0.2) is 23.4 Å². The first kappa shape index (κ1) is 10.7. The van der Waals surface area contributed by atoms with Gasteiger partial charge in [-0.25, -0.2) is 0 Å². The molecule has 1 saturated carbocycles. The number of nitrogens with zero attached hydrogens (tertiary/aromatic N) is 1. The minimum atomic E-state index is -0.00917. The van der Waals surface area contributed by atoms with E-state index in [9.17, 15) is 5.21 Å². The lowest BCUT2D eigenvalue weighted by molar-refractivity contribution is -0.000810. The molecule has 84 valence electrons. The predicted octanol–water partition coefficient (Wildman–Crippen LogP) is 3.07. The average Bonchev–Trinajstić information content (AvgIpc) is 2.60. The van der Waals surface area contributed by atoms with Gasteiger partial charge in [0, 0.05) is 5.70 Å². The lowest BCUT2D eigenvalue weighted by atomic mass is 9.80. The summed E-state index contributed by atoms with van der Waals surface area (Å²) in [7, 11) is 0. The van der Waals surface area contributed by atoms with E-state index in [-0.39, 0.29) is 5.23 Å². The lowest BCUT2D eigenvalue weighted by Crippen LogP contribution is -2.21. The molecule has 3 atom stereocenters. The second-order valence-corrected chi connectivity index (χ2v) is 4.68. The molecule has 3 heteroatoms. The van der Waals surface area contributed by atoms with Crippen LogP contribution >= 0.6 is 0 Å². The monoisotopic (exact) mass is 208 g/mol. The van der Waals surface area contributed by atoms with Gasteiger partial charge in [0.25, 0.3) is 0 Å². The van der Waals surface area contributed by atoms with Gasteiger partial charge in [-0.3, -0.25) is 5.21 Å². The summed E-state index contributed by atoms with van der Waals surface area (Å²) in [6.45, 7) is 4.26. The molecule has 0 aliphatic heterocycles. The van der Waals surface area contributed by atoms with Gasteiger partial charge in [0.05, 0.1) is 0 Å². The molecule has 0 amide bonds. The van der Waals surface area contributed by atoms with E-state index in [0.29, 0.717) is 23.5 Å². The zero-order valence-electron chi connectivity index (χ0n) is 9.31. The van der Waals surface area contributed by atoms with Crippen molar-refractivity contribution in [1.29, 1.82) is 0 Å². The van der Waals surface area contributed by atoms with E-state index >= 15 is 0 Å². The summed E-state index contributed by atoms with van der Waals surface area (Å²) < 4.78 is 0. The van der Waals surface area contributed by atoms with Crippen LogP contribution in [-0.4, -0.2) is 10.4 Å². The quantitative estimate of drug-likeness (QED) is 0.709. The molecule has 1 fully saturated rings. The summed E-state index contributed by atoms with van der Waals surface area (Å²) in [4.78, 5) is 0. The van der Waals surface area contributed by atoms with E-state index in [1.54, 1.807) is 0 Å². The zero-order valence-corrected chi connectivity index (χ0v) is 9.31. The minimum Gasteiger partial charge on any atom is -0.734 e. The summed E-state index contributed by atoms with van der Waals surface area (Å²) in [6, 6.07) is 0. The SMILES string of the molecule is CCC1CCC2C(C)=CC(N([O-])O)=CC12. The zero-order chi connectivity index (χ0) is 11.0. The molecule has 0 heterocycles. The van der Waals surface area contributed by atoms with E-state index < -0.39 is 0 Å². The Morgan fingerprint density at radius 2 is 2.27 bits per heavy atom. The standard InChI is InChI=1S/C12H18NO2/c1-3-9-4-5-11-8(2)6-10(13(14)15)7-12(9)11/h6-7,9,11-12,14H,3-5H2,1-2H3/q-1. The van der Waals surface area contributed by atoms with Crippen LogP contribution in [0.3, 0.4) is 0 Å². The third-order valence-corrected chi connectivity index (χ3v) is 3.93. The number of rotatable bonds is 2. The topological polar surface area (TPSA) is 46.5 Å². The van der Waals surface area contributed by atoms with Crippen LogP contribution in [0.5, 0.6) is 0 Å². The second kappa shape index (κ2) is 3.99. The molecule has 2 aliphatic rings. The molecule has 1 N–H and O–H groups in total. The number of hydrogen-bond donors (Lipinski definition) is 1. The molecule has 0 aromatic rings. The molecule has 0 aromatic heterocycles. The normalized spacial score (nSPS) is 34.5. The fourth-order valence-electron chi connectivity index (χ4n) is 3.07. The van der Waals surface area contributed by atoms with Crippen molar-refractivity contribution in [2.45, 2.75) is 33.1 Å². The Morgan fingerprint density at radius 3 is 2.87 bits per heavy atom. The predicted molar refractivity (Wildman–Crippen MR) is 58.8 cm³/mol. The van der Waals surface area contributed by atoms with Crippen molar-refractivity contribution in [3.8, 4) is 0 Å². The summed E-state index contributed by atoms with van der Waals surface area (Å²) in [6.07, 6.45) is 7.38. The summed E-state index contributed by atoms with van der Waals surface area (Å²) >= 11 is 0. The molecule has 2 rings (SSSR count). The number of hydrogen-bond acceptors (Lipinski definition) is 3. The van der Waals surface area contributed by atoms with Crippen LogP contribution in [0, 0.1) is 23.0 Å². The molecular weight excluding hydrogens is 190 g/mol. The van der Waals surface area contributed by atoms with Crippen molar-refractivity contribution in [2.24, 2.45) is 17.8 Å². The first-order valence-corrected chi connectivity index (χ1v) is 5.69. The first-order chi connectivity index (χ1) is 7.13. The Balaban J connectivity index is 2.26. The van der Waals surface area contributed by atoms with Gasteiger partial charge in [-0.2, -0.15) is 0 Å². The van der Waals surface area contributed by atoms with Crippen LogP contribution in [-0.2, 0) is 0 Å². The molecule has 0 spiro atoms. The molecule has 15 heavy (non-hydrogen) atoms. The molecule has 0 radical (unpaired) electrons. The molecule has 0 aromatic carbocycles. The van der Waals surface area contributed by atoms with Gasteiger partial charge >= 0.3 is 0 Å². The Kier molecular flexibility index (Phi) is 2.85. The minimum absolute atomic E-state index is 0.00917.